The maximum absolute atomic E-state index is 13.6. The van der Waals surface area contributed by atoms with Gasteiger partial charge in [-0.15, -0.1) is 0 Å². The van der Waals surface area contributed by atoms with Crippen molar-refractivity contribution in [3.63, 3.8) is 0 Å². The summed E-state index contributed by atoms with van der Waals surface area (Å²) < 4.78 is 59.2. The fourth-order valence-corrected chi connectivity index (χ4v) is 3.16. The van der Waals surface area contributed by atoms with Crippen LogP contribution < -0.4 is 5.46 Å². The Labute approximate surface area is 168 Å². The minimum Gasteiger partial charge on any atom is -0.443 e. The van der Waals surface area contributed by atoms with Crippen LogP contribution in [-0.2, 0) is 20.2 Å². The zero-order valence-electron chi connectivity index (χ0n) is 17.6. The van der Waals surface area contributed by atoms with Gasteiger partial charge in [-0.1, -0.05) is 6.07 Å². The third-order valence-electron chi connectivity index (χ3n) is 5.28. The van der Waals surface area contributed by atoms with Crippen LogP contribution in [0.2, 0.25) is 0 Å². The van der Waals surface area contributed by atoms with Gasteiger partial charge in [0, 0.05) is 17.0 Å². The SMILES string of the molecule is CC(C)(C)OC(=O)n1ccc2c(C(F)(F)F)ccc(B3OC(C)(C)C(C)(C)O3)c21. The molecule has 0 radical (unpaired) electrons. The highest BCUT2D eigenvalue weighted by Crippen LogP contribution is 2.39. The molecule has 2 heterocycles. The molecule has 5 nitrogen and oxygen atoms in total. The summed E-state index contributed by atoms with van der Waals surface area (Å²) in [6.07, 6.45) is -4.07. The van der Waals surface area contributed by atoms with Gasteiger partial charge in [-0.05, 0) is 60.6 Å². The molecule has 1 aliphatic heterocycles. The highest BCUT2D eigenvalue weighted by atomic mass is 19.4. The average Bonchev–Trinajstić information content (AvgIpc) is 3.02. The first-order valence-electron chi connectivity index (χ1n) is 9.34. The van der Waals surface area contributed by atoms with Crippen molar-refractivity contribution >= 4 is 29.6 Å². The standard InChI is InChI=1S/C20H25BF3NO4/c1-17(2,3)27-16(26)25-11-10-12-13(20(22,23)24)8-9-14(15(12)25)21-28-18(4,5)19(6,7)29-21/h8-11H,1-7H3. The molecular weight excluding hydrogens is 386 g/mol. The quantitative estimate of drug-likeness (QED) is 0.636. The van der Waals surface area contributed by atoms with Gasteiger partial charge in [0.25, 0.3) is 0 Å². The normalized spacial score (nSPS) is 19.0. The van der Waals surface area contributed by atoms with Crippen molar-refractivity contribution in [1.29, 1.82) is 0 Å². The van der Waals surface area contributed by atoms with Gasteiger partial charge >= 0.3 is 19.4 Å². The van der Waals surface area contributed by atoms with E-state index in [4.69, 9.17) is 14.0 Å². The van der Waals surface area contributed by atoms with Crippen LogP contribution in [0, 0.1) is 0 Å². The molecule has 9 heteroatoms. The van der Waals surface area contributed by atoms with Crippen molar-refractivity contribution in [2.75, 3.05) is 0 Å². The van der Waals surface area contributed by atoms with Crippen LogP contribution in [-0.4, -0.2) is 34.6 Å². The second-order valence-corrected chi connectivity index (χ2v) is 9.22. The molecule has 2 aromatic rings. The Kier molecular flexibility index (Phi) is 4.87. The van der Waals surface area contributed by atoms with Crippen LogP contribution in [0.15, 0.2) is 24.4 Å². The zero-order chi connectivity index (χ0) is 22.0. The average molecular weight is 411 g/mol. The molecule has 0 saturated carbocycles. The number of rotatable bonds is 1. The summed E-state index contributed by atoms with van der Waals surface area (Å²) in [4.78, 5) is 12.7. The maximum Gasteiger partial charge on any atom is 0.497 e. The number of nitrogens with zero attached hydrogens (tertiary/aromatic N) is 1. The van der Waals surface area contributed by atoms with Crippen LogP contribution >= 0.6 is 0 Å². The lowest BCUT2D eigenvalue weighted by atomic mass is 9.77. The van der Waals surface area contributed by atoms with Gasteiger partial charge in [0.2, 0.25) is 0 Å². The van der Waals surface area contributed by atoms with E-state index in [9.17, 15) is 18.0 Å². The van der Waals surface area contributed by atoms with Gasteiger partial charge in [-0.25, -0.2) is 4.79 Å². The number of hydrogen-bond acceptors (Lipinski definition) is 4. The smallest absolute Gasteiger partial charge is 0.443 e. The van der Waals surface area contributed by atoms with Gasteiger partial charge < -0.3 is 14.0 Å². The molecule has 0 bridgehead atoms. The van der Waals surface area contributed by atoms with E-state index < -0.39 is 41.8 Å². The molecule has 3 rings (SSSR count). The van der Waals surface area contributed by atoms with Crippen molar-refractivity contribution in [1.82, 2.24) is 4.57 Å². The molecule has 0 amide bonds. The number of carbonyl (C=O) groups excluding carboxylic acids is 1. The van der Waals surface area contributed by atoms with Crippen LogP contribution in [0.3, 0.4) is 0 Å². The van der Waals surface area contributed by atoms with Crippen molar-refractivity contribution in [2.45, 2.75) is 71.4 Å². The Bertz CT molecular complexity index is 941. The fraction of sp³-hybridized carbons (Fsp3) is 0.550. The first-order chi connectivity index (χ1) is 13.0. The highest BCUT2D eigenvalue weighted by Gasteiger charge is 2.52. The van der Waals surface area contributed by atoms with Gasteiger partial charge in [0.15, 0.2) is 0 Å². The number of halogens is 3. The number of fused-ring (bicyclic) bond motifs is 1. The summed E-state index contributed by atoms with van der Waals surface area (Å²) in [5.41, 5.74) is -2.61. The molecule has 1 saturated heterocycles. The minimum atomic E-state index is -4.58. The van der Waals surface area contributed by atoms with E-state index in [2.05, 4.69) is 0 Å². The van der Waals surface area contributed by atoms with E-state index in [-0.39, 0.29) is 10.9 Å². The van der Waals surface area contributed by atoms with E-state index >= 15 is 0 Å². The van der Waals surface area contributed by atoms with Crippen LogP contribution in [0.1, 0.15) is 54.0 Å². The van der Waals surface area contributed by atoms with E-state index in [0.29, 0.717) is 5.46 Å². The predicted molar refractivity (Wildman–Crippen MR) is 104 cm³/mol. The van der Waals surface area contributed by atoms with Crippen molar-refractivity contribution in [3.05, 3.63) is 30.0 Å². The third kappa shape index (κ3) is 3.90. The molecule has 0 spiro atoms. The Morgan fingerprint density at radius 3 is 2.07 bits per heavy atom. The Morgan fingerprint density at radius 1 is 1.03 bits per heavy atom. The summed E-state index contributed by atoms with van der Waals surface area (Å²) in [6, 6.07) is 3.55. The van der Waals surface area contributed by atoms with Crippen LogP contribution in [0.5, 0.6) is 0 Å². The van der Waals surface area contributed by atoms with Crippen molar-refractivity contribution < 1.29 is 32.0 Å². The summed E-state index contributed by atoms with van der Waals surface area (Å²) >= 11 is 0. The molecule has 158 valence electrons. The summed E-state index contributed by atoms with van der Waals surface area (Å²) in [5.74, 6) is 0. The van der Waals surface area contributed by atoms with Crippen LogP contribution in [0.25, 0.3) is 10.9 Å². The van der Waals surface area contributed by atoms with Crippen molar-refractivity contribution in [2.24, 2.45) is 0 Å². The maximum atomic E-state index is 13.6. The van der Waals surface area contributed by atoms with E-state index in [1.54, 1.807) is 20.8 Å². The number of aromatic nitrogens is 1. The molecule has 0 atom stereocenters. The molecule has 0 aliphatic carbocycles. The van der Waals surface area contributed by atoms with Crippen molar-refractivity contribution in [3.8, 4) is 0 Å². The lowest BCUT2D eigenvalue weighted by Crippen LogP contribution is -2.41. The van der Waals surface area contributed by atoms with Gasteiger partial charge in [0.1, 0.15) is 5.60 Å². The largest absolute Gasteiger partial charge is 0.497 e. The van der Waals surface area contributed by atoms with Gasteiger partial charge in [0.05, 0.1) is 22.3 Å². The number of ether oxygens (including phenoxy) is 1. The van der Waals surface area contributed by atoms with Gasteiger partial charge in [-0.3, -0.25) is 4.57 Å². The first-order valence-corrected chi connectivity index (χ1v) is 9.34. The molecule has 29 heavy (non-hydrogen) atoms. The van der Waals surface area contributed by atoms with Crippen LogP contribution in [0.4, 0.5) is 18.0 Å². The Hall–Kier alpha value is -2.00. The first kappa shape index (κ1) is 21.7. The van der Waals surface area contributed by atoms with E-state index in [1.165, 1.54) is 18.3 Å². The summed E-state index contributed by atoms with van der Waals surface area (Å²) in [6.45, 7) is 12.5. The molecule has 1 aromatic heterocycles. The monoisotopic (exact) mass is 411 g/mol. The second kappa shape index (κ2) is 6.50. The van der Waals surface area contributed by atoms with E-state index in [1.807, 2.05) is 27.7 Å². The molecule has 0 N–H and O–H groups in total. The zero-order valence-corrected chi connectivity index (χ0v) is 17.6. The van der Waals surface area contributed by atoms with Gasteiger partial charge in [-0.2, -0.15) is 13.2 Å². The highest BCUT2D eigenvalue weighted by molar-refractivity contribution is 6.65. The third-order valence-corrected chi connectivity index (χ3v) is 5.28. The lowest BCUT2D eigenvalue weighted by Gasteiger charge is -2.32. The molecular formula is C20H25BF3NO4. The minimum absolute atomic E-state index is 0.0626. The Morgan fingerprint density at radius 2 is 1.59 bits per heavy atom. The number of benzene rings is 1. The summed E-state index contributed by atoms with van der Waals surface area (Å²) in [5, 5.41) is -0.115. The summed E-state index contributed by atoms with van der Waals surface area (Å²) in [7, 11) is -0.930. The fourth-order valence-electron chi connectivity index (χ4n) is 3.16. The predicted octanol–water partition coefficient (Wildman–Crippen LogP) is 4.74. The van der Waals surface area contributed by atoms with E-state index in [0.717, 1.165) is 10.6 Å². The molecule has 1 aliphatic rings. The second-order valence-electron chi connectivity index (χ2n) is 9.22. The Balaban J connectivity index is 2.21. The molecule has 1 aromatic carbocycles. The number of carbonyl (C=O) groups is 1. The topological polar surface area (TPSA) is 49.7 Å². The number of hydrogen-bond donors (Lipinski definition) is 0. The number of alkyl halides is 3. The molecule has 1 fully saturated rings. The lowest BCUT2D eigenvalue weighted by molar-refractivity contribution is -0.136. The molecule has 0 unspecified atom stereocenters.